The highest BCUT2D eigenvalue weighted by Crippen LogP contribution is 2.66. The number of cyclic esters (lactones) is 1. The van der Waals surface area contributed by atoms with Crippen molar-refractivity contribution in [3.8, 4) is 0 Å². The highest BCUT2D eigenvalue weighted by atomic mass is 16.8. The summed E-state index contributed by atoms with van der Waals surface area (Å²) in [4.78, 5) is 12.9. The van der Waals surface area contributed by atoms with E-state index >= 15 is 0 Å². The first kappa shape index (κ1) is 15.9. The SMILES string of the molecule is CC(C)(C)[C@@]1(C)OC(=O)[C@H]2[C@H]3[C@H](CCCC34OCCO4)[C@@]2(C)O1. The Labute approximate surface area is 138 Å². The predicted octanol–water partition coefficient (Wildman–Crippen LogP) is 2.87. The molecular weight excluding hydrogens is 296 g/mol. The zero-order valence-corrected chi connectivity index (χ0v) is 14.8. The lowest BCUT2D eigenvalue weighted by Crippen LogP contribution is -2.78. The summed E-state index contributed by atoms with van der Waals surface area (Å²) in [5.74, 6) is -1.60. The molecular formula is C18H28O5. The van der Waals surface area contributed by atoms with Crippen molar-refractivity contribution in [1.29, 1.82) is 0 Å². The van der Waals surface area contributed by atoms with Crippen LogP contribution in [0, 0.1) is 23.2 Å². The molecule has 2 saturated carbocycles. The summed E-state index contributed by atoms with van der Waals surface area (Å²) in [6.45, 7) is 11.3. The molecule has 5 atom stereocenters. The molecule has 0 aromatic rings. The number of rotatable bonds is 0. The van der Waals surface area contributed by atoms with Crippen molar-refractivity contribution in [2.24, 2.45) is 23.2 Å². The summed E-state index contributed by atoms with van der Waals surface area (Å²) in [6.07, 6.45) is 2.97. The van der Waals surface area contributed by atoms with Gasteiger partial charge in [-0.05, 0) is 25.7 Å². The first-order valence-electron chi connectivity index (χ1n) is 8.84. The minimum absolute atomic E-state index is 0.0563. The normalized spacial score (nSPS) is 48.4. The third-order valence-corrected chi connectivity index (χ3v) is 6.80. The van der Waals surface area contributed by atoms with E-state index < -0.39 is 17.2 Å². The molecule has 2 heterocycles. The molecule has 0 unspecified atom stereocenters. The van der Waals surface area contributed by atoms with Crippen LogP contribution in [0.15, 0.2) is 0 Å². The van der Waals surface area contributed by atoms with Crippen molar-refractivity contribution in [3.05, 3.63) is 0 Å². The summed E-state index contributed by atoms with van der Waals surface area (Å²) < 4.78 is 24.3. The Morgan fingerprint density at radius 3 is 2.39 bits per heavy atom. The first-order chi connectivity index (χ1) is 10.6. The number of ether oxygens (including phenoxy) is 4. The summed E-state index contributed by atoms with van der Waals surface area (Å²) in [6, 6.07) is 0. The molecule has 2 aliphatic heterocycles. The molecule has 130 valence electrons. The second-order valence-corrected chi connectivity index (χ2v) is 8.91. The van der Waals surface area contributed by atoms with Crippen LogP contribution >= 0.6 is 0 Å². The fourth-order valence-electron chi connectivity index (χ4n) is 5.15. The minimum atomic E-state index is -0.900. The Balaban J connectivity index is 1.69. The van der Waals surface area contributed by atoms with Crippen LogP contribution in [0.1, 0.15) is 53.9 Å². The van der Waals surface area contributed by atoms with Crippen LogP contribution in [0.4, 0.5) is 0 Å². The van der Waals surface area contributed by atoms with Gasteiger partial charge in [-0.3, -0.25) is 4.79 Å². The van der Waals surface area contributed by atoms with Gasteiger partial charge in [-0.1, -0.05) is 20.8 Å². The van der Waals surface area contributed by atoms with Crippen LogP contribution in [0.3, 0.4) is 0 Å². The van der Waals surface area contributed by atoms with E-state index in [2.05, 4.69) is 6.92 Å². The van der Waals surface area contributed by atoms with E-state index in [9.17, 15) is 4.79 Å². The maximum atomic E-state index is 12.9. The van der Waals surface area contributed by atoms with Crippen LogP contribution in [0.25, 0.3) is 0 Å². The second kappa shape index (κ2) is 4.50. The van der Waals surface area contributed by atoms with Gasteiger partial charge in [0.1, 0.15) is 0 Å². The Bertz CT molecular complexity index is 532. The standard InChI is InChI=1S/C18H28O5/c1-15(2,3)17(5)22-14(19)13-12-11(16(13,4)23-17)7-6-8-18(12)20-9-10-21-18/h11-13H,6-10H2,1-5H3/t11-,12+,13+,16+,17-/m0/s1. The van der Waals surface area contributed by atoms with E-state index in [1.54, 1.807) is 0 Å². The molecule has 0 amide bonds. The van der Waals surface area contributed by atoms with Crippen LogP contribution in [-0.2, 0) is 23.7 Å². The Morgan fingerprint density at radius 2 is 1.78 bits per heavy atom. The summed E-state index contributed by atoms with van der Waals surface area (Å²) in [5, 5.41) is 0. The highest BCUT2D eigenvalue weighted by Gasteiger charge is 2.76. The summed E-state index contributed by atoms with van der Waals surface area (Å²) in [7, 11) is 0. The van der Waals surface area contributed by atoms with Gasteiger partial charge in [0.05, 0.1) is 24.7 Å². The lowest BCUT2D eigenvalue weighted by molar-refractivity contribution is -0.418. The summed E-state index contributed by atoms with van der Waals surface area (Å²) >= 11 is 0. The van der Waals surface area contributed by atoms with Gasteiger partial charge in [-0.15, -0.1) is 0 Å². The van der Waals surface area contributed by atoms with Crippen molar-refractivity contribution in [2.45, 2.75) is 71.1 Å². The number of hydrogen-bond donors (Lipinski definition) is 0. The van der Waals surface area contributed by atoms with Crippen molar-refractivity contribution in [3.63, 3.8) is 0 Å². The first-order valence-corrected chi connectivity index (χ1v) is 8.84. The fraction of sp³-hybridized carbons (Fsp3) is 0.944. The lowest BCUT2D eigenvalue weighted by atomic mass is 9.47. The van der Waals surface area contributed by atoms with Gasteiger partial charge in [0.15, 0.2) is 5.79 Å². The topological polar surface area (TPSA) is 54.0 Å². The Kier molecular flexibility index (Phi) is 3.10. The van der Waals surface area contributed by atoms with Gasteiger partial charge in [-0.25, -0.2) is 0 Å². The number of esters is 1. The van der Waals surface area contributed by atoms with Gasteiger partial charge in [0, 0.05) is 24.7 Å². The quantitative estimate of drug-likeness (QED) is 0.641. The number of hydrogen-bond acceptors (Lipinski definition) is 5. The third kappa shape index (κ3) is 1.87. The molecule has 5 nitrogen and oxygen atoms in total. The highest BCUT2D eigenvalue weighted by molar-refractivity contribution is 5.77. The van der Waals surface area contributed by atoms with E-state index in [-0.39, 0.29) is 29.1 Å². The van der Waals surface area contributed by atoms with Crippen LogP contribution < -0.4 is 0 Å². The van der Waals surface area contributed by atoms with Crippen LogP contribution in [-0.4, -0.2) is 36.4 Å². The fourth-order valence-corrected chi connectivity index (χ4v) is 5.15. The molecule has 1 spiro atoms. The third-order valence-electron chi connectivity index (χ3n) is 6.80. The van der Waals surface area contributed by atoms with Gasteiger partial charge >= 0.3 is 5.97 Å². The van der Waals surface area contributed by atoms with Crippen molar-refractivity contribution in [1.82, 2.24) is 0 Å². The lowest BCUT2D eigenvalue weighted by Gasteiger charge is -2.68. The summed E-state index contributed by atoms with van der Waals surface area (Å²) in [5.41, 5.74) is -0.765. The number of carbonyl (C=O) groups excluding carboxylic acids is 1. The van der Waals surface area contributed by atoms with Crippen LogP contribution in [0.5, 0.6) is 0 Å². The maximum Gasteiger partial charge on any atom is 0.314 e. The molecule has 0 aromatic carbocycles. The number of fused-ring (bicyclic) bond motifs is 5. The van der Waals surface area contributed by atoms with Crippen LogP contribution in [0.2, 0.25) is 0 Å². The predicted molar refractivity (Wildman–Crippen MR) is 82.4 cm³/mol. The zero-order chi connectivity index (χ0) is 16.7. The number of carbonyl (C=O) groups is 1. The molecule has 4 fully saturated rings. The van der Waals surface area contributed by atoms with E-state index in [4.69, 9.17) is 18.9 Å². The molecule has 2 saturated heterocycles. The average Bonchev–Trinajstić information content (AvgIpc) is 2.86. The molecule has 0 radical (unpaired) electrons. The second-order valence-electron chi connectivity index (χ2n) is 8.91. The monoisotopic (exact) mass is 324 g/mol. The van der Waals surface area contributed by atoms with E-state index in [0.717, 1.165) is 19.3 Å². The molecule has 23 heavy (non-hydrogen) atoms. The van der Waals surface area contributed by atoms with E-state index in [1.807, 2.05) is 27.7 Å². The Hall–Kier alpha value is -0.650. The van der Waals surface area contributed by atoms with Gasteiger partial charge in [0.25, 0.3) is 0 Å². The van der Waals surface area contributed by atoms with E-state index in [0.29, 0.717) is 13.2 Å². The molecule has 4 aliphatic rings. The van der Waals surface area contributed by atoms with Crippen molar-refractivity contribution in [2.75, 3.05) is 13.2 Å². The van der Waals surface area contributed by atoms with Gasteiger partial charge < -0.3 is 18.9 Å². The van der Waals surface area contributed by atoms with E-state index in [1.165, 1.54) is 0 Å². The van der Waals surface area contributed by atoms with Crippen molar-refractivity contribution < 1.29 is 23.7 Å². The molecule has 0 N–H and O–H groups in total. The molecule has 5 heteroatoms. The largest absolute Gasteiger partial charge is 0.432 e. The maximum absolute atomic E-state index is 12.9. The molecule has 0 aromatic heterocycles. The van der Waals surface area contributed by atoms with Crippen molar-refractivity contribution >= 4 is 5.97 Å². The molecule has 2 aliphatic carbocycles. The zero-order valence-electron chi connectivity index (χ0n) is 14.8. The minimum Gasteiger partial charge on any atom is -0.432 e. The molecule has 4 rings (SSSR count). The smallest absolute Gasteiger partial charge is 0.314 e. The van der Waals surface area contributed by atoms with Gasteiger partial charge in [0.2, 0.25) is 5.79 Å². The average molecular weight is 324 g/mol. The van der Waals surface area contributed by atoms with Gasteiger partial charge in [-0.2, -0.15) is 0 Å². The molecule has 0 bridgehead atoms. The Morgan fingerprint density at radius 1 is 1.13 bits per heavy atom.